The number of rotatable bonds is 8. The molecule has 1 aromatic heterocycles. The number of aromatic nitrogens is 3. The van der Waals surface area contributed by atoms with Crippen LogP contribution in [0.4, 0.5) is 18.9 Å². The van der Waals surface area contributed by atoms with Crippen LogP contribution in [-0.2, 0) is 0 Å². The third kappa shape index (κ3) is 6.88. The zero-order valence-electron chi connectivity index (χ0n) is 24.2. The number of thioether (sulfide) groups is 1. The Kier molecular flexibility index (Phi) is 8.19. The number of benzene rings is 3. The van der Waals surface area contributed by atoms with Gasteiger partial charge in [0, 0.05) is 35.5 Å². The summed E-state index contributed by atoms with van der Waals surface area (Å²) >= 11 is 1.84. The molecule has 1 N–H and O–H groups in total. The summed E-state index contributed by atoms with van der Waals surface area (Å²) in [7, 11) is 0. The highest BCUT2D eigenvalue weighted by Gasteiger charge is 2.38. The van der Waals surface area contributed by atoms with Gasteiger partial charge < -0.3 is 9.64 Å². The quantitative estimate of drug-likeness (QED) is 0.230. The van der Waals surface area contributed by atoms with Crippen LogP contribution >= 0.6 is 11.8 Å². The van der Waals surface area contributed by atoms with Crippen LogP contribution in [0.3, 0.4) is 0 Å². The second kappa shape index (κ2) is 12.0. The molecule has 2 atom stereocenters. The first-order valence-corrected chi connectivity index (χ1v) is 15.3. The summed E-state index contributed by atoms with van der Waals surface area (Å²) in [5, 5.41) is 9.21. The van der Waals surface area contributed by atoms with Crippen LogP contribution in [0.15, 0.2) is 72.0 Å². The van der Waals surface area contributed by atoms with Gasteiger partial charge in [-0.2, -0.15) is 0 Å². The predicted octanol–water partition coefficient (Wildman–Crippen LogP) is 7.16. The van der Waals surface area contributed by atoms with Crippen molar-refractivity contribution in [2.75, 3.05) is 23.9 Å². The van der Waals surface area contributed by atoms with E-state index in [9.17, 15) is 13.2 Å². The van der Waals surface area contributed by atoms with E-state index in [1.807, 2.05) is 23.9 Å². The summed E-state index contributed by atoms with van der Waals surface area (Å²) in [6.45, 7) is 8.10. The van der Waals surface area contributed by atoms with Gasteiger partial charge in [-0.3, -0.25) is 5.32 Å². The van der Waals surface area contributed by atoms with E-state index in [-0.39, 0.29) is 5.75 Å². The Morgan fingerprint density at radius 1 is 1.02 bits per heavy atom. The topological polar surface area (TPSA) is 67.6 Å². The van der Waals surface area contributed by atoms with Crippen molar-refractivity contribution >= 4 is 22.6 Å². The first-order chi connectivity index (χ1) is 20.6. The Balaban J connectivity index is 1.05. The number of halogens is 3. The van der Waals surface area contributed by atoms with Crippen molar-refractivity contribution in [3.8, 4) is 22.8 Å². The summed E-state index contributed by atoms with van der Waals surface area (Å²) in [4.78, 5) is 11.7. The molecule has 2 fully saturated rings. The number of ether oxygens (including phenoxy) is 1. The second-order valence-corrected chi connectivity index (χ2v) is 12.1. The van der Waals surface area contributed by atoms with Crippen LogP contribution in [0.5, 0.6) is 5.75 Å². The van der Waals surface area contributed by atoms with Crippen LogP contribution < -0.4 is 15.0 Å². The summed E-state index contributed by atoms with van der Waals surface area (Å²) in [5.74, 6) is 1.79. The smallest absolute Gasteiger partial charge is 0.406 e. The summed E-state index contributed by atoms with van der Waals surface area (Å²) in [5.41, 5.74) is 7.87. The van der Waals surface area contributed by atoms with Crippen LogP contribution in [0, 0.1) is 20.8 Å². The highest BCUT2D eigenvalue weighted by molar-refractivity contribution is 8.14. The number of aryl methyl sites for hydroxylation is 3. The largest absolute Gasteiger partial charge is 0.573 e. The minimum atomic E-state index is -4.73. The van der Waals surface area contributed by atoms with E-state index in [0.717, 1.165) is 35.9 Å². The molecule has 2 heterocycles. The first kappa shape index (κ1) is 29.3. The van der Waals surface area contributed by atoms with Crippen LogP contribution in [-0.4, -0.2) is 51.3 Å². The number of anilines is 1. The Bertz CT molecular complexity index is 1590. The van der Waals surface area contributed by atoms with Gasteiger partial charge in [0.2, 0.25) is 0 Å². The summed E-state index contributed by atoms with van der Waals surface area (Å²) in [6.07, 6.45) is -0.972. The molecule has 43 heavy (non-hydrogen) atoms. The number of alkyl halides is 3. The lowest BCUT2D eigenvalue weighted by atomic mass is 10.0. The molecule has 0 spiro atoms. The van der Waals surface area contributed by atoms with Crippen molar-refractivity contribution < 1.29 is 17.9 Å². The fraction of sp³-hybridized carbons (Fsp3) is 0.344. The van der Waals surface area contributed by atoms with Crippen molar-refractivity contribution in [3.63, 3.8) is 0 Å². The van der Waals surface area contributed by atoms with Crippen LogP contribution in [0.25, 0.3) is 17.1 Å². The number of amidine groups is 1. The predicted molar refractivity (Wildman–Crippen MR) is 165 cm³/mol. The maximum atomic E-state index is 12.4. The van der Waals surface area contributed by atoms with Gasteiger partial charge in [-0.1, -0.05) is 53.7 Å². The fourth-order valence-electron chi connectivity index (χ4n) is 5.72. The number of hydrogen-bond donors (Lipinski definition) is 1. The van der Waals surface area contributed by atoms with Gasteiger partial charge in [-0.25, -0.2) is 14.7 Å². The number of aliphatic imine (C=N–C) groups is 1. The van der Waals surface area contributed by atoms with E-state index in [4.69, 9.17) is 4.99 Å². The molecule has 3 aromatic carbocycles. The van der Waals surface area contributed by atoms with Gasteiger partial charge in [-0.15, -0.1) is 18.3 Å². The van der Waals surface area contributed by atoms with Crippen molar-refractivity contribution in [2.24, 2.45) is 4.99 Å². The maximum Gasteiger partial charge on any atom is 0.573 e. The van der Waals surface area contributed by atoms with E-state index >= 15 is 0 Å². The highest BCUT2D eigenvalue weighted by atomic mass is 32.2. The van der Waals surface area contributed by atoms with Crippen molar-refractivity contribution in [1.82, 2.24) is 20.1 Å². The van der Waals surface area contributed by atoms with E-state index < -0.39 is 6.36 Å². The van der Waals surface area contributed by atoms with Crippen LogP contribution in [0.2, 0.25) is 0 Å². The van der Waals surface area contributed by atoms with Gasteiger partial charge in [0.1, 0.15) is 12.1 Å². The Hall–Kier alpha value is -3.83. The van der Waals surface area contributed by atoms with Crippen molar-refractivity contribution in [3.05, 3.63) is 89.2 Å². The Labute approximate surface area is 253 Å². The molecule has 6 rings (SSSR count). The first-order valence-electron chi connectivity index (χ1n) is 14.3. The Morgan fingerprint density at radius 3 is 2.44 bits per heavy atom. The molecule has 2 unspecified atom stereocenters. The molecule has 0 radical (unpaired) electrons. The monoisotopic (exact) mass is 606 g/mol. The van der Waals surface area contributed by atoms with E-state index in [1.54, 1.807) is 6.33 Å². The van der Waals surface area contributed by atoms with Crippen LogP contribution in [0.1, 0.15) is 41.0 Å². The molecule has 1 aliphatic carbocycles. The minimum absolute atomic E-state index is 0.283. The average molecular weight is 607 g/mol. The lowest BCUT2D eigenvalue weighted by Crippen LogP contribution is -2.36. The normalized spacial score (nSPS) is 19.6. The third-order valence-corrected chi connectivity index (χ3v) is 8.78. The van der Waals surface area contributed by atoms with E-state index in [0.29, 0.717) is 30.1 Å². The molecule has 1 saturated heterocycles. The van der Waals surface area contributed by atoms with Crippen molar-refractivity contribution in [2.45, 2.75) is 51.9 Å². The molecule has 1 saturated carbocycles. The van der Waals surface area contributed by atoms with Gasteiger partial charge >= 0.3 is 6.36 Å². The lowest BCUT2D eigenvalue weighted by Gasteiger charge is -2.32. The molecular weight excluding hydrogens is 573 g/mol. The van der Waals surface area contributed by atoms with Gasteiger partial charge in [0.15, 0.2) is 11.0 Å². The molecule has 0 bridgehead atoms. The molecule has 7 nitrogen and oxygen atoms in total. The SMILES string of the molecule is Cc1cc(C)c(N2CCCS/C2=N\CNC2CC2c2ccc(-c3ncn(-c4ccc(OC(F)(F)F)cc4)n3)cc2)c(C)c1. The zero-order chi connectivity index (χ0) is 30.1. The van der Waals surface area contributed by atoms with Gasteiger partial charge in [-0.05, 0) is 74.6 Å². The number of nitrogens with zero attached hydrogens (tertiary/aromatic N) is 5. The molecule has 2 aliphatic rings. The van der Waals surface area contributed by atoms with E-state index in [1.165, 1.54) is 56.9 Å². The highest BCUT2D eigenvalue weighted by Crippen LogP contribution is 2.41. The second-order valence-electron chi connectivity index (χ2n) is 11.0. The lowest BCUT2D eigenvalue weighted by molar-refractivity contribution is -0.274. The molecule has 0 amide bonds. The molecule has 1 aliphatic heterocycles. The number of nitrogens with one attached hydrogen (secondary N) is 1. The average Bonchev–Trinajstić information content (AvgIpc) is 3.56. The molecule has 4 aromatic rings. The van der Waals surface area contributed by atoms with E-state index in [2.05, 4.69) is 70.1 Å². The summed E-state index contributed by atoms with van der Waals surface area (Å²) < 4.78 is 42.7. The molecule has 11 heteroatoms. The standard InChI is InChI=1S/C32H33F3N6OS/c1-20-15-21(2)29(22(3)16-20)40-13-4-14-43-31(40)37-18-36-28-17-27(28)23-5-7-24(8-6-23)30-38-19-41(39-30)25-9-11-26(12-10-25)42-32(33,34)35/h5-12,15-16,19,27-28,36H,4,13-14,17-18H2,1-3H3/b37-31-. The Morgan fingerprint density at radius 2 is 1.74 bits per heavy atom. The minimum Gasteiger partial charge on any atom is -0.406 e. The molecular formula is C32H33F3N6OS. The zero-order valence-corrected chi connectivity index (χ0v) is 25.0. The van der Waals surface area contributed by atoms with Gasteiger partial charge in [0.25, 0.3) is 0 Å². The van der Waals surface area contributed by atoms with Crippen molar-refractivity contribution in [1.29, 1.82) is 0 Å². The third-order valence-electron chi connectivity index (χ3n) is 7.68. The van der Waals surface area contributed by atoms with Gasteiger partial charge in [0.05, 0.1) is 12.4 Å². The number of hydrogen-bond acceptors (Lipinski definition) is 6. The summed E-state index contributed by atoms with van der Waals surface area (Å²) in [6, 6.07) is 18.6. The maximum absolute atomic E-state index is 12.4. The molecule has 224 valence electrons. The fourth-order valence-corrected chi connectivity index (χ4v) is 6.67.